The highest BCUT2D eigenvalue weighted by molar-refractivity contribution is 7.15. The topological polar surface area (TPSA) is 38.9 Å². The molecule has 2 rings (SSSR count). The van der Waals surface area contributed by atoms with Gasteiger partial charge in [0.1, 0.15) is 16.6 Å². The maximum atomic E-state index is 13.4. The van der Waals surface area contributed by atoms with E-state index in [9.17, 15) is 8.78 Å². The van der Waals surface area contributed by atoms with Crippen LogP contribution >= 0.6 is 11.3 Å². The third-order valence-electron chi connectivity index (χ3n) is 2.15. The molecule has 1 aromatic carbocycles. The Morgan fingerprint density at radius 3 is 2.44 bits per heavy atom. The largest absolute Gasteiger partial charge is 0.323 e. The molecule has 2 nitrogen and oxygen atoms in total. The molecule has 2 N–H and O–H groups in total. The summed E-state index contributed by atoms with van der Waals surface area (Å²) < 4.78 is 26.9. The average molecular weight is 240 g/mol. The van der Waals surface area contributed by atoms with E-state index in [1.165, 1.54) is 29.5 Å². The van der Waals surface area contributed by atoms with Crippen molar-refractivity contribution in [2.75, 3.05) is 0 Å². The number of hydrogen-bond donors (Lipinski definition) is 1. The summed E-state index contributed by atoms with van der Waals surface area (Å²) in [7, 11) is 0. The van der Waals surface area contributed by atoms with Crippen LogP contribution in [0.2, 0.25) is 0 Å². The van der Waals surface area contributed by atoms with Crippen LogP contribution in [0.3, 0.4) is 0 Å². The van der Waals surface area contributed by atoms with Crippen molar-refractivity contribution in [2.45, 2.75) is 13.0 Å². The monoisotopic (exact) mass is 240 g/mol. The molecular weight excluding hydrogens is 230 g/mol. The SMILES string of the molecule is CC(N)c1cnc(-c2c(F)cccc2F)s1. The van der Waals surface area contributed by atoms with Crippen LogP contribution in [0.5, 0.6) is 0 Å². The molecule has 84 valence electrons. The van der Waals surface area contributed by atoms with Crippen molar-refractivity contribution in [1.82, 2.24) is 4.98 Å². The lowest BCUT2D eigenvalue weighted by Crippen LogP contribution is -2.01. The fraction of sp³-hybridized carbons (Fsp3) is 0.182. The summed E-state index contributed by atoms with van der Waals surface area (Å²) in [6.07, 6.45) is 1.55. The molecule has 0 aliphatic rings. The lowest BCUT2D eigenvalue weighted by atomic mass is 10.2. The summed E-state index contributed by atoms with van der Waals surface area (Å²) in [5.41, 5.74) is 5.58. The number of nitrogens with zero attached hydrogens (tertiary/aromatic N) is 1. The third kappa shape index (κ3) is 1.96. The van der Waals surface area contributed by atoms with Crippen molar-refractivity contribution in [1.29, 1.82) is 0 Å². The normalized spacial score (nSPS) is 12.8. The standard InChI is InChI=1S/C11H10F2N2S/c1-6(14)9-5-15-11(16-9)10-7(12)3-2-4-8(10)13/h2-6H,14H2,1H3. The summed E-state index contributed by atoms with van der Waals surface area (Å²) >= 11 is 1.21. The molecule has 0 radical (unpaired) electrons. The minimum atomic E-state index is -0.606. The Morgan fingerprint density at radius 2 is 1.94 bits per heavy atom. The minimum Gasteiger partial charge on any atom is -0.323 e. The molecule has 0 amide bonds. The number of hydrogen-bond acceptors (Lipinski definition) is 3. The van der Waals surface area contributed by atoms with E-state index in [4.69, 9.17) is 5.73 Å². The lowest BCUT2D eigenvalue weighted by Gasteiger charge is -2.00. The van der Waals surface area contributed by atoms with Crippen LogP contribution in [-0.2, 0) is 0 Å². The van der Waals surface area contributed by atoms with Gasteiger partial charge in [-0.3, -0.25) is 0 Å². The van der Waals surface area contributed by atoms with Crippen molar-refractivity contribution in [3.63, 3.8) is 0 Å². The molecule has 1 aromatic heterocycles. The van der Waals surface area contributed by atoms with Gasteiger partial charge in [-0.1, -0.05) is 6.07 Å². The maximum absolute atomic E-state index is 13.4. The van der Waals surface area contributed by atoms with E-state index in [2.05, 4.69) is 4.98 Å². The summed E-state index contributed by atoms with van der Waals surface area (Å²) in [5.74, 6) is -1.21. The van der Waals surface area contributed by atoms with E-state index in [1.54, 1.807) is 13.1 Å². The Morgan fingerprint density at radius 1 is 1.31 bits per heavy atom. The average Bonchev–Trinajstić information content (AvgIpc) is 2.66. The van der Waals surface area contributed by atoms with E-state index in [-0.39, 0.29) is 11.6 Å². The van der Waals surface area contributed by atoms with Gasteiger partial charge in [0.2, 0.25) is 0 Å². The molecular formula is C11H10F2N2S. The van der Waals surface area contributed by atoms with Crippen molar-refractivity contribution in [3.8, 4) is 10.6 Å². The van der Waals surface area contributed by atoms with Crippen LogP contribution < -0.4 is 5.73 Å². The molecule has 1 unspecified atom stereocenters. The van der Waals surface area contributed by atoms with Gasteiger partial charge in [0, 0.05) is 17.1 Å². The third-order valence-corrected chi connectivity index (χ3v) is 3.36. The van der Waals surface area contributed by atoms with Crippen LogP contribution in [-0.4, -0.2) is 4.98 Å². The Kier molecular flexibility index (Phi) is 2.98. The first-order valence-corrected chi connectivity index (χ1v) is 5.57. The number of rotatable bonds is 2. The molecule has 0 fully saturated rings. The van der Waals surface area contributed by atoms with Gasteiger partial charge in [0.05, 0.1) is 5.56 Å². The summed E-state index contributed by atoms with van der Waals surface area (Å²) in [6, 6.07) is 3.58. The van der Waals surface area contributed by atoms with E-state index < -0.39 is 11.6 Å². The molecule has 1 heterocycles. The van der Waals surface area contributed by atoms with Crippen molar-refractivity contribution in [2.24, 2.45) is 5.73 Å². The Hall–Kier alpha value is -1.33. The summed E-state index contributed by atoms with van der Waals surface area (Å²) in [6.45, 7) is 1.80. The second-order valence-corrected chi connectivity index (χ2v) is 4.52. The summed E-state index contributed by atoms with van der Waals surface area (Å²) in [4.78, 5) is 4.79. The number of thiazole rings is 1. The van der Waals surface area contributed by atoms with Gasteiger partial charge < -0.3 is 5.73 Å². The van der Waals surface area contributed by atoms with E-state index in [0.29, 0.717) is 5.01 Å². The van der Waals surface area contributed by atoms with Gasteiger partial charge in [0.15, 0.2) is 0 Å². The minimum absolute atomic E-state index is 0.0839. The van der Waals surface area contributed by atoms with Crippen LogP contribution in [0.15, 0.2) is 24.4 Å². The predicted molar refractivity (Wildman–Crippen MR) is 60.1 cm³/mol. The van der Waals surface area contributed by atoms with E-state index in [1.807, 2.05) is 0 Å². The van der Waals surface area contributed by atoms with E-state index in [0.717, 1.165) is 4.88 Å². The molecule has 0 aliphatic carbocycles. The first-order chi connectivity index (χ1) is 7.59. The van der Waals surface area contributed by atoms with Crippen molar-refractivity contribution >= 4 is 11.3 Å². The number of aromatic nitrogens is 1. The Bertz CT molecular complexity index is 488. The molecule has 0 aliphatic heterocycles. The highest BCUT2D eigenvalue weighted by Crippen LogP contribution is 2.31. The van der Waals surface area contributed by atoms with Gasteiger partial charge in [-0.05, 0) is 19.1 Å². The quantitative estimate of drug-likeness (QED) is 0.876. The zero-order valence-corrected chi connectivity index (χ0v) is 9.39. The smallest absolute Gasteiger partial charge is 0.136 e. The fourth-order valence-electron chi connectivity index (χ4n) is 1.31. The highest BCUT2D eigenvalue weighted by atomic mass is 32.1. The summed E-state index contributed by atoms with van der Waals surface area (Å²) in [5, 5.41) is 0.322. The van der Waals surface area contributed by atoms with Crippen molar-refractivity contribution in [3.05, 3.63) is 40.9 Å². The predicted octanol–water partition coefficient (Wildman–Crippen LogP) is 3.11. The Balaban J connectivity index is 2.50. The van der Waals surface area contributed by atoms with Gasteiger partial charge in [-0.2, -0.15) is 0 Å². The first kappa shape index (κ1) is 11.2. The van der Waals surface area contributed by atoms with Gasteiger partial charge in [0.25, 0.3) is 0 Å². The second-order valence-electron chi connectivity index (χ2n) is 3.45. The maximum Gasteiger partial charge on any atom is 0.136 e. The number of halogens is 2. The Labute approximate surface area is 95.7 Å². The van der Waals surface area contributed by atoms with Gasteiger partial charge in [-0.25, -0.2) is 13.8 Å². The van der Waals surface area contributed by atoms with Crippen LogP contribution in [0, 0.1) is 11.6 Å². The molecule has 0 saturated heterocycles. The first-order valence-electron chi connectivity index (χ1n) is 4.75. The van der Waals surface area contributed by atoms with Crippen LogP contribution in [0.1, 0.15) is 17.8 Å². The zero-order chi connectivity index (χ0) is 11.7. The van der Waals surface area contributed by atoms with Crippen LogP contribution in [0.4, 0.5) is 8.78 Å². The number of nitrogens with two attached hydrogens (primary N) is 1. The van der Waals surface area contributed by atoms with Gasteiger partial charge >= 0.3 is 0 Å². The van der Waals surface area contributed by atoms with Gasteiger partial charge in [-0.15, -0.1) is 11.3 Å². The molecule has 16 heavy (non-hydrogen) atoms. The number of benzene rings is 1. The molecule has 0 saturated carbocycles. The molecule has 0 spiro atoms. The molecule has 2 aromatic rings. The van der Waals surface area contributed by atoms with Crippen molar-refractivity contribution < 1.29 is 8.78 Å². The second kappa shape index (κ2) is 4.27. The van der Waals surface area contributed by atoms with Crippen LogP contribution in [0.25, 0.3) is 10.6 Å². The lowest BCUT2D eigenvalue weighted by molar-refractivity contribution is 0.589. The zero-order valence-electron chi connectivity index (χ0n) is 8.58. The highest BCUT2D eigenvalue weighted by Gasteiger charge is 2.15. The molecule has 1 atom stereocenters. The molecule has 0 bridgehead atoms. The van der Waals surface area contributed by atoms with E-state index >= 15 is 0 Å². The molecule has 5 heteroatoms. The fourth-order valence-corrected chi connectivity index (χ4v) is 2.23.